The molecular weight excluding hydrogens is 266 g/mol. The van der Waals surface area contributed by atoms with Gasteiger partial charge in [-0.05, 0) is 17.2 Å². The first-order valence-corrected chi connectivity index (χ1v) is 6.74. The molecule has 0 spiro atoms. The SMILES string of the molecule is COC(=O)CN1C(=O)C(c2ccccc2)c2ccccc21. The topological polar surface area (TPSA) is 46.6 Å². The number of esters is 1. The quantitative estimate of drug-likeness (QED) is 0.811. The van der Waals surface area contributed by atoms with Crippen LogP contribution >= 0.6 is 0 Å². The van der Waals surface area contributed by atoms with Crippen LogP contribution in [0, 0.1) is 0 Å². The van der Waals surface area contributed by atoms with Gasteiger partial charge in [-0.15, -0.1) is 0 Å². The zero-order valence-corrected chi connectivity index (χ0v) is 11.7. The van der Waals surface area contributed by atoms with Gasteiger partial charge in [0.25, 0.3) is 0 Å². The normalized spacial score (nSPS) is 16.7. The third kappa shape index (κ3) is 2.29. The fraction of sp³-hybridized carbons (Fsp3) is 0.176. The number of carbonyl (C=O) groups is 2. The van der Waals surface area contributed by atoms with Crippen LogP contribution in [0.15, 0.2) is 54.6 Å². The molecule has 0 saturated heterocycles. The van der Waals surface area contributed by atoms with Gasteiger partial charge in [-0.3, -0.25) is 9.59 Å². The lowest BCUT2D eigenvalue weighted by atomic mass is 9.93. The summed E-state index contributed by atoms with van der Waals surface area (Å²) in [6, 6.07) is 17.2. The average Bonchev–Trinajstić information content (AvgIpc) is 2.80. The third-order valence-corrected chi connectivity index (χ3v) is 3.70. The molecule has 0 N–H and O–H groups in total. The number of ether oxygens (including phenoxy) is 1. The van der Waals surface area contributed by atoms with E-state index in [1.54, 1.807) is 0 Å². The van der Waals surface area contributed by atoms with Gasteiger partial charge in [-0.25, -0.2) is 0 Å². The van der Waals surface area contributed by atoms with Crippen LogP contribution < -0.4 is 4.90 Å². The molecule has 0 aliphatic carbocycles. The second kappa shape index (κ2) is 5.40. The number of carbonyl (C=O) groups excluding carboxylic acids is 2. The van der Waals surface area contributed by atoms with Gasteiger partial charge in [-0.1, -0.05) is 48.5 Å². The fourth-order valence-electron chi connectivity index (χ4n) is 2.71. The maximum Gasteiger partial charge on any atom is 0.325 e. The zero-order valence-electron chi connectivity index (χ0n) is 11.7. The van der Waals surface area contributed by atoms with Crippen LogP contribution in [-0.4, -0.2) is 25.5 Å². The molecule has 0 saturated carbocycles. The van der Waals surface area contributed by atoms with Crippen molar-refractivity contribution in [1.29, 1.82) is 0 Å². The Morgan fingerprint density at radius 1 is 1.10 bits per heavy atom. The minimum atomic E-state index is -0.424. The molecule has 0 radical (unpaired) electrons. The Morgan fingerprint density at radius 2 is 1.76 bits per heavy atom. The molecule has 1 heterocycles. The van der Waals surface area contributed by atoms with E-state index in [0.29, 0.717) is 0 Å². The third-order valence-electron chi connectivity index (χ3n) is 3.70. The van der Waals surface area contributed by atoms with Crippen molar-refractivity contribution in [2.24, 2.45) is 0 Å². The van der Waals surface area contributed by atoms with Crippen molar-refractivity contribution < 1.29 is 14.3 Å². The van der Waals surface area contributed by atoms with Gasteiger partial charge in [0.1, 0.15) is 6.54 Å². The predicted octanol–water partition coefficient (Wildman–Crippen LogP) is 2.34. The summed E-state index contributed by atoms with van der Waals surface area (Å²) in [6.07, 6.45) is 0. The van der Waals surface area contributed by atoms with E-state index in [1.165, 1.54) is 12.0 Å². The molecule has 2 aromatic carbocycles. The minimum Gasteiger partial charge on any atom is -0.468 e. The molecule has 4 nitrogen and oxygen atoms in total. The first kappa shape index (κ1) is 13.4. The van der Waals surface area contributed by atoms with Crippen LogP contribution in [0.2, 0.25) is 0 Å². The van der Waals surface area contributed by atoms with E-state index >= 15 is 0 Å². The van der Waals surface area contributed by atoms with E-state index in [0.717, 1.165) is 16.8 Å². The van der Waals surface area contributed by atoms with Crippen molar-refractivity contribution in [3.63, 3.8) is 0 Å². The van der Waals surface area contributed by atoms with Crippen LogP contribution in [0.5, 0.6) is 0 Å². The van der Waals surface area contributed by atoms with Gasteiger partial charge < -0.3 is 9.64 Å². The van der Waals surface area contributed by atoms with Crippen molar-refractivity contribution in [2.45, 2.75) is 5.92 Å². The highest BCUT2D eigenvalue weighted by atomic mass is 16.5. The lowest BCUT2D eigenvalue weighted by Gasteiger charge is -2.16. The molecule has 1 unspecified atom stereocenters. The number of para-hydroxylation sites is 1. The smallest absolute Gasteiger partial charge is 0.325 e. The molecule has 1 aliphatic heterocycles. The Hall–Kier alpha value is -2.62. The average molecular weight is 281 g/mol. The number of hydrogen-bond acceptors (Lipinski definition) is 3. The predicted molar refractivity (Wildman–Crippen MR) is 79.1 cm³/mol. The van der Waals surface area contributed by atoms with Crippen LogP contribution in [-0.2, 0) is 14.3 Å². The highest BCUT2D eigenvalue weighted by molar-refractivity contribution is 6.09. The Bertz CT molecular complexity index is 681. The van der Waals surface area contributed by atoms with Gasteiger partial charge in [0.2, 0.25) is 5.91 Å². The number of rotatable bonds is 3. The lowest BCUT2D eigenvalue weighted by Crippen LogP contribution is -2.34. The first-order chi connectivity index (χ1) is 10.2. The summed E-state index contributed by atoms with van der Waals surface area (Å²) in [5, 5.41) is 0. The molecule has 0 fully saturated rings. The van der Waals surface area contributed by atoms with E-state index in [2.05, 4.69) is 4.74 Å². The van der Waals surface area contributed by atoms with Crippen molar-refractivity contribution in [1.82, 2.24) is 0 Å². The molecule has 2 aromatic rings. The van der Waals surface area contributed by atoms with Gasteiger partial charge in [0, 0.05) is 5.69 Å². The van der Waals surface area contributed by atoms with E-state index in [1.807, 2.05) is 54.6 Å². The van der Waals surface area contributed by atoms with Gasteiger partial charge in [-0.2, -0.15) is 0 Å². The minimum absolute atomic E-state index is 0.0598. The monoisotopic (exact) mass is 281 g/mol. The Balaban J connectivity index is 2.04. The van der Waals surface area contributed by atoms with Crippen LogP contribution in [0.4, 0.5) is 5.69 Å². The summed E-state index contributed by atoms with van der Waals surface area (Å²) in [5.74, 6) is -0.869. The Morgan fingerprint density at radius 3 is 2.48 bits per heavy atom. The molecule has 1 aliphatic rings. The maximum atomic E-state index is 12.7. The Kier molecular flexibility index (Phi) is 3.44. The summed E-state index contributed by atoms with van der Waals surface area (Å²) in [4.78, 5) is 25.8. The molecule has 1 atom stereocenters. The number of hydrogen-bond donors (Lipinski definition) is 0. The van der Waals surface area contributed by atoms with Crippen LogP contribution in [0.25, 0.3) is 0 Å². The molecule has 0 bridgehead atoms. The Labute approximate surface area is 123 Å². The number of methoxy groups -OCH3 is 1. The molecule has 21 heavy (non-hydrogen) atoms. The second-order valence-electron chi connectivity index (χ2n) is 4.90. The van der Waals surface area contributed by atoms with Crippen LogP contribution in [0.1, 0.15) is 17.0 Å². The first-order valence-electron chi connectivity index (χ1n) is 6.74. The van der Waals surface area contributed by atoms with E-state index in [-0.39, 0.29) is 18.4 Å². The van der Waals surface area contributed by atoms with Gasteiger partial charge in [0.05, 0.1) is 13.0 Å². The summed E-state index contributed by atoms with van der Waals surface area (Å²) in [7, 11) is 1.32. The highest BCUT2D eigenvalue weighted by Crippen LogP contribution is 2.40. The van der Waals surface area contributed by atoms with Crippen molar-refractivity contribution in [3.8, 4) is 0 Å². The van der Waals surface area contributed by atoms with Crippen LogP contribution in [0.3, 0.4) is 0 Å². The van der Waals surface area contributed by atoms with Crippen molar-refractivity contribution >= 4 is 17.6 Å². The summed E-state index contributed by atoms with van der Waals surface area (Å²) < 4.78 is 4.68. The molecule has 0 aromatic heterocycles. The summed E-state index contributed by atoms with van der Waals surface area (Å²) in [5.41, 5.74) is 2.64. The highest BCUT2D eigenvalue weighted by Gasteiger charge is 2.38. The number of anilines is 1. The van der Waals surface area contributed by atoms with E-state index in [9.17, 15) is 9.59 Å². The maximum absolute atomic E-state index is 12.7. The zero-order chi connectivity index (χ0) is 14.8. The molecular formula is C17H15NO3. The number of benzene rings is 2. The fourth-order valence-corrected chi connectivity index (χ4v) is 2.71. The summed E-state index contributed by atoms with van der Waals surface area (Å²) in [6.45, 7) is -0.0598. The van der Waals surface area contributed by atoms with Crippen molar-refractivity contribution in [3.05, 3.63) is 65.7 Å². The second-order valence-corrected chi connectivity index (χ2v) is 4.90. The van der Waals surface area contributed by atoms with Gasteiger partial charge >= 0.3 is 5.97 Å². The number of nitrogens with zero attached hydrogens (tertiary/aromatic N) is 1. The molecule has 4 heteroatoms. The molecule has 106 valence electrons. The van der Waals surface area contributed by atoms with Gasteiger partial charge in [0.15, 0.2) is 0 Å². The number of fused-ring (bicyclic) bond motifs is 1. The van der Waals surface area contributed by atoms with E-state index < -0.39 is 5.97 Å². The largest absolute Gasteiger partial charge is 0.468 e. The lowest BCUT2D eigenvalue weighted by molar-refractivity contribution is -0.140. The molecule has 1 amide bonds. The van der Waals surface area contributed by atoms with Crippen molar-refractivity contribution in [2.75, 3.05) is 18.6 Å². The number of amides is 1. The molecule has 3 rings (SSSR count). The standard InChI is InChI=1S/C17H15NO3/c1-21-15(19)11-18-14-10-6-5-9-13(14)16(17(18)20)12-7-3-2-4-8-12/h2-10,16H,11H2,1H3. The summed E-state index contributed by atoms with van der Waals surface area (Å²) >= 11 is 0. The van der Waals surface area contributed by atoms with E-state index in [4.69, 9.17) is 0 Å².